The van der Waals surface area contributed by atoms with Gasteiger partial charge in [0.2, 0.25) is 0 Å². The van der Waals surface area contributed by atoms with Crippen LogP contribution in [0.3, 0.4) is 0 Å². The largest absolute Gasteiger partial charge is 0.457 e. The van der Waals surface area contributed by atoms with Gasteiger partial charge in [0.25, 0.3) is 6.33 Å². The first-order valence-corrected chi connectivity index (χ1v) is 25.9. The van der Waals surface area contributed by atoms with E-state index in [4.69, 9.17) is 14.1 Å². The van der Waals surface area contributed by atoms with Gasteiger partial charge >= 0.3 is 0 Å². The van der Waals surface area contributed by atoms with Crippen LogP contribution in [0.5, 0.6) is 11.5 Å². The van der Waals surface area contributed by atoms with Gasteiger partial charge < -0.3 is 9.15 Å². The molecule has 14 rings (SSSR count). The van der Waals surface area contributed by atoms with Crippen LogP contribution in [0.1, 0.15) is 26.3 Å². The molecule has 10 aromatic carbocycles. The zero-order valence-corrected chi connectivity index (χ0v) is 42.4. The van der Waals surface area contributed by atoms with E-state index in [0.29, 0.717) is 5.75 Å². The number of para-hydroxylation sites is 4. The lowest BCUT2D eigenvalue weighted by atomic mass is 9.88. The fourth-order valence-electron chi connectivity index (χ4n) is 11.3. The lowest BCUT2D eigenvalue weighted by Gasteiger charge is -2.20. The number of hydrogen-bond donors (Lipinski definition) is 0. The van der Waals surface area contributed by atoms with E-state index in [1.54, 1.807) is 0 Å². The Morgan fingerprint density at radius 1 is 0.461 bits per heavy atom. The van der Waals surface area contributed by atoms with Gasteiger partial charge in [-0.3, -0.25) is 4.57 Å². The summed E-state index contributed by atoms with van der Waals surface area (Å²) in [5, 5.41) is 4.36. The van der Waals surface area contributed by atoms with E-state index in [2.05, 4.69) is 265 Å². The van der Waals surface area contributed by atoms with Gasteiger partial charge in [-0.2, -0.15) is 9.13 Å². The van der Waals surface area contributed by atoms with Gasteiger partial charge in [0.1, 0.15) is 39.9 Å². The Balaban J connectivity index is 0.931. The summed E-state index contributed by atoms with van der Waals surface area (Å²) in [4.78, 5) is 5.04. The van der Waals surface area contributed by atoms with Gasteiger partial charge in [-0.15, -0.1) is 0 Å². The van der Waals surface area contributed by atoms with Gasteiger partial charge in [0, 0.05) is 45.6 Å². The van der Waals surface area contributed by atoms with Crippen molar-refractivity contribution in [2.75, 3.05) is 0 Å². The summed E-state index contributed by atoms with van der Waals surface area (Å²) in [5.74, 6) is 2.28. The molecule has 0 amide bonds. The van der Waals surface area contributed by atoms with Crippen molar-refractivity contribution < 1.29 is 13.7 Å². The van der Waals surface area contributed by atoms with E-state index in [0.717, 1.165) is 100.0 Å². The summed E-state index contributed by atoms with van der Waals surface area (Å²) in [7, 11) is 0. The van der Waals surface area contributed by atoms with E-state index in [-0.39, 0.29) is 5.41 Å². The Hall–Kier alpha value is -9.78. The molecule has 0 atom stereocenters. The number of pyridine rings is 1. The molecule has 0 bridgehead atoms. The van der Waals surface area contributed by atoms with Crippen LogP contribution in [-0.4, -0.2) is 14.1 Å². The summed E-state index contributed by atoms with van der Waals surface area (Å²) in [6, 6.07) is 86.0. The number of aromatic nitrogens is 4. The Morgan fingerprint density at radius 3 is 1.79 bits per heavy atom. The van der Waals surface area contributed by atoms with Crippen LogP contribution in [0, 0.1) is 0 Å². The minimum Gasteiger partial charge on any atom is -0.457 e. The topological polar surface area (TPSA) is 49.0 Å². The van der Waals surface area contributed by atoms with E-state index < -0.39 is 0 Å². The minimum absolute atomic E-state index is 0.0784. The minimum atomic E-state index is -0.0784. The molecule has 14 aromatic rings. The standard InChI is InChI=1S/C70H51N4O2/c1-70(2,3)48-40-41-71-66(42-48)74-63-44-51(36-37-56(63)59-38-39-65-67(69(59)74)60-30-14-17-35-64(60)76-65)75-50-25-18-24-49(43-50)72-45-73(62-34-16-15-33-61(62)72)68-57(54-28-12-10-26-52(54)46-20-6-4-7-21-46)31-19-32-58(68)55-29-13-11-27-53(55)47-22-8-5-9-23-47/h4-45H,1-3H3/q+1. The summed E-state index contributed by atoms with van der Waals surface area (Å²) in [6.07, 6.45) is 4.17. The zero-order valence-electron chi connectivity index (χ0n) is 42.4. The first kappa shape index (κ1) is 44.9. The van der Waals surface area contributed by atoms with Crippen LogP contribution < -0.4 is 9.30 Å². The highest BCUT2D eigenvalue weighted by Crippen LogP contribution is 2.44. The number of furan rings is 1. The van der Waals surface area contributed by atoms with Crippen LogP contribution in [0.15, 0.2) is 260 Å². The molecule has 0 N–H and O–H groups in total. The van der Waals surface area contributed by atoms with Gasteiger partial charge in [0.15, 0.2) is 11.0 Å². The number of imidazole rings is 1. The molecule has 4 heterocycles. The Kier molecular flexibility index (Phi) is 10.6. The molecule has 76 heavy (non-hydrogen) atoms. The normalized spacial score (nSPS) is 11.9. The van der Waals surface area contributed by atoms with Crippen molar-refractivity contribution in [2.24, 2.45) is 0 Å². The van der Waals surface area contributed by atoms with Crippen LogP contribution >= 0.6 is 0 Å². The van der Waals surface area contributed by atoms with Crippen molar-refractivity contribution >= 4 is 54.8 Å². The molecule has 6 nitrogen and oxygen atoms in total. The fraction of sp³-hybridized carbons (Fsp3) is 0.0571. The van der Waals surface area contributed by atoms with Crippen molar-refractivity contribution in [3.05, 3.63) is 261 Å². The molecule has 4 aromatic heterocycles. The molecule has 6 heteroatoms. The third kappa shape index (κ3) is 7.56. The number of benzene rings is 10. The summed E-state index contributed by atoms with van der Waals surface area (Å²) < 4.78 is 20.4. The molecule has 0 fully saturated rings. The molecule has 0 saturated carbocycles. The molecule has 0 aliphatic carbocycles. The molecule has 0 saturated heterocycles. The van der Waals surface area contributed by atoms with E-state index >= 15 is 0 Å². The molecule has 0 aliphatic rings. The van der Waals surface area contributed by atoms with Crippen molar-refractivity contribution in [1.82, 2.24) is 14.1 Å². The fourth-order valence-corrected chi connectivity index (χ4v) is 11.3. The predicted octanol–water partition coefficient (Wildman–Crippen LogP) is 18.1. The highest BCUT2D eigenvalue weighted by atomic mass is 16.5. The summed E-state index contributed by atoms with van der Waals surface area (Å²) in [5.41, 5.74) is 18.3. The second-order valence-corrected chi connectivity index (χ2v) is 20.6. The quantitative estimate of drug-likeness (QED) is 0.135. The highest BCUT2D eigenvalue weighted by Gasteiger charge is 2.28. The predicted molar refractivity (Wildman–Crippen MR) is 311 cm³/mol. The van der Waals surface area contributed by atoms with Crippen LogP contribution in [0.25, 0.3) is 116 Å². The molecule has 0 spiro atoms. The van der Waals surface area contributed by atoms with Gasteiger partial charge in [-0.25, -0.2) is 4.98 Å². The number of rotatable bonds is 9. The van der Waals surface area contributed by atoms with E-state index in [1.165, 1.54) is 27.8 Å². The van der Waals surface area contributed by atoms with Crippen LogP contribution in [0.2, 0.25) is 0 Å². The Morgan fingerprint density at radius 2 is 1.07 bits per heavy atom. The molecular weight excluding hydrogens is 929 g/mol. The van der Waals surface area contributed by atoms with Crippen molar-refractivity contribution in [2.45, 2.75) is 26.2 Å². The maximum atomic E-state index is 6.95. The average Bonchev–Trinajstić information content (AvgIpc) is 4.18. The number of fused-ring (bicyclic) bond motifs is 8. The van der Waals surface area contributed by atoms with Crippen molar-refractivity contribution in [1.29, 1.82) is 0 Å². The molecular formula is C70H51N4O2+. The van der Waals surface area contributed by atoms with Crippen molar-refractivity contribution in [3.63, 3.8) is 0 Å². The van der Waals surface area contributed by atoms with Crippen LogP contribution in [0.4, 0.5) is 0 Å². The van der Waals surface area contributed by atoms with Gasteiger partial charge in [0.05, 0.1) is 16.4 Å². The summed E-state index contributed by atoms with van der Waals surface area (Å²) >= 11 is 0. The second kappa shape index (κ2) is 18.0. The van der Waals surface area contributed by atoms with Crippen molar-refractivity contribution in [3.8, 4) is 73.2 Å². The Labute approximate surface area is 440 Å². The lowest BCUT2D eigenvalue weighted by Crippen LogP contribution is -2.31. The molecule has 0 radical (unpaired) electrons. The molecule has 0 unspecified atom stereocenters. The second-order valence-electron chi connectivity index (χ2n) is 20.6. The third-order valence-corrected chi connectivity index (χ3v) is 14.9. The first-order chi connectivity index (χ1) is 37.3. The zero-order chi connectivity index (χ0) is 50.9. The van der Waals surface area contributed by atoms with Gasteiger partial charge in [-0.05, 0) is 111 Å². The number of nitrogens with zero attached hydrogens (tertiary/aromatic N) is 4. The lowest BCUT2D eigenvalue weighted by molar-refractivity contribution is -0.566. The first-order valence-electron chi connectivity index (χ1n) is 25.9. The number of hydrogen-bond acceptors (Lipinski definition) is 3. The van der Waals surface area contributed by atoms with E-state index in [1.807, 2.05) is 24.4 Å². The smallest absolute Gasteiger partial charge is 0.255 e. The highest BCUT2D eigenvalue weighted by molar-refractivity contribution is 6.24. The molecule has 362 valence electrons. The maximum Gasteiger partial charge on any atom is 0.255 e. The maximum absolute atomic E-state index is 6.95. The summed E-state index contributed by atoms with van der Waals surface area (Å²) in [6.45, 7) is 6.72. The SMILES string of the molecule is CC(C)(C)c1ccnc(-n2c3cc(Oc4cccc(-n5c[n+](-c6c(-c7ccccc7-c7ccccc7)cccc6-c6ccccc6-c6ccccc6)c6ccccc65)c4)ccc3c3ccc4oc5ccccc5c4c32)c1. The Bertz CT molecular complexity index is 4440. The van der Waals surface area contributed by atoms with E-state index in [9.17, 15) is 0 Å². The van der Waals surface area contributed by atoms with Gasteiger partial charge in [-0.1, -0.05) is 185 Å². The van der Waals surface area contributed by atoms with Crippen LogP contribution in [-0.2, 0) is 5.41 Å². The monoisotopic (exact) mass is 979 g/mol. The third-order valence-electron chi connectivity index (χ3n) is 14.9. The average molecular weight is 980 g/mol. The number of ether oxygens (including phenoxy) is 1. The molecule has 0 aliphatic heterocycles.